The third-order valence-electron chi connectivity index (χ3n) is 4.52. The van der Waals surface area contributed by atoms with Gasteiger partial charge in [-0.2, -0.15) is 5.10 Å². The number of ether oxygens (including phenoxy) is 1. The van der Waals surface area contributed by atoms with Crippen molar-refractivity contribution < 1.29 is 9.53 Å². The number of aromatic amines is 1. The third kappa shape index (κ3) is 3.98. The Labute approximate surface area is 163 Å². The smallest absolute Gasteiger partial charge is 0.268 e. The molecule has 28 heavy (non-hydrogen) atoms. The molecule has 0 saturated carbocycles. The topological polar surface area (TPSA) is 89.0 Å². The molecule has 1 amide bonds. The number of hydrogen-bond donors (Lipinski definition) is 2. The van der Waals surface area contributed by atoms with E-state index in [9.17, 15) is 9.59 Å². The second-order valence-corrected chi connectivity index (χ2v) is 6.84. The summed E-state index contributed by atoms with van der Waals surface area (Å²) < 4.78 is 6.78. The zero-order valence-electron chi connectivity index (χ0n) is 16.4. The maximum absolute atomic E-state index is 13.1. The van der Waals surface area contributed by atoms with Crippen LogP contribution in [0.4, 0.5) is 0 Å². The van der Waals surface area contributed by atoms with Gasteiger partial charge < -0.3 is 10.1 Å². The van der Waals surface area contributed by atoms with Gasteiger partial charge in [0.05, 0.1) is 18.5 Å². The molecule has 0 aliphatic rings. The summed E-state index contributed by atoms with van der Waals surface area (Å²) in [7, 11) is 1.55. The molecule has 0 radical (unpaired) electrons. The highest BCUT2D eigenvalue weighted by atomic mass is 16.5. The molecule has 7 heteroatoms. The molecule has 0 spiro atoms. The van der Waals surface area contributed by atoms with Crippen molar-refractivity contribution in [3.05, 3.63) is 75.5 Å². The molecule has 2 N–H and O–H groups in total. The van der Waals surface area contributed by atoms with Crippen LogP contribution in [-0.2, 0) is 6.42 Å². The molecule has 1 aromatic carbocycles. The van der Waals surface area contributed by atoms with Crippen molar-refractivity contribution in [3.63, 3.8) is 0 Å². The van der Waals surface area contributed by atoms with E-state index in [0.717, 1.165) is 11.4 Å². The number of pyridine rings is 1. The number of nitrogens with zero attached hydrogens (tertiary/aromatic N) is 2. The van der Waals surface area contributed by atoms with E-state index in [0.29, 0.717) is 23.4 Å². The first kappa shape index (κ1) is 19.4. The number of amides is 1. The zero-order valence-corrected chi connectivity index (χ0v) is 16.4. The van der Waals surface area contributed by atoms with E-state index >= 15 is 0 Å². The van der Waals surface area contributed by atoms with Gasteiger partial charge in [-0.15, -0.1) is 0 Å². The molecule has 1 unspecified atom stereocenters. The van der Waals surface area contributed by atoms with Crippen LogP contribution in [0.25, 0.3) is 5.69 Å². The Balaban J connectivity index is 1.89. The molecule has 0 saturated heterocycles. The number of carbonyl (C=O) groups is 1. The van der Waals surface area contributed by atoms with Crippen molar-refractivity contribution >= 4 is 5.91 Å². The minimum atomic E-state index is -0.397. The quantitative estimate of drug-likeness (QED) is 0.688. The fourth-order valence-corrected chi connectivity index (χ4v) is 3.16. The number of H-pyrrole nitrogens is 1. The molecule has 3 aromatic rings. The van der Waals surface area contributed by atoms with Crippen molar-refractivity contribution in [1.82, 2.24) is 20.1 Å². The Morgan fingerprint density at radius 3 is 2.71 bits per heavy atom. The van der Waals surface area contributed by atoms with Crippen LogP contribution in [0.1, 0.15) is 34.2 Å². The van der Waals surface area contributed by atoms with Gasteiger partial charge in [-0.05, 0) is 50.6 Å². The molecule has 7 nitrogen and oxygen atoms in total. The van der Waals surface area contributed by atoms with Crippen molar-refractivity contribution in [2.45, 2.75) is 33.2 Å². The van der Waals surface area contributed by atoms with Gasteiger partial charge in [0, 0.05) is 24.4 Å². The number of carbonyl (C=O) groups excluding carboxylic acids is 1. The number of methoxy groups -OCH3 is 1. The lowest BCUT2D eigenvalue weighted by molar-refractivity contribution is 0.0937. The number of aryl methyl sites for hydroxylation is 2. The van der Waals surface area contributed by atoms with Crippen LogP contribution in [0.3, 0.4) is 0 Å². The average molecular weight is 380 g/mol. The summed E-state index contributed by atoms with van der Waals surface area (Å²) in [5, 5.41) is 9.98. The number of hydrogen-bond acceptors (Lipinski definition) is 4. The zero-order chi connectivity index (χ0) is 20.3. The Kier molecular flexibility index (Phi) is 5.63. The molecule has 146 valence electrons. The highest BCUT2D eigenvalue weighted by Gasteiger charge is 2.19. The molecule has 2 aromatic heterocycles. The minimum Gasteiger partial charge on any atom is -0.495 e. The van der Waals surface area contributed by atoms with E-state index < -0.39 is 5.91 Å². The van der Waals surface area contributed by atoms with E-state index in [2.05, 4.69) is 15.5 Å². The predicted molar refractivity (Wildman–Crippen MR) is 107 cm³/mol. The van der Waals surface area contributed by atoms with Gasteiger partial charge in [-0.3, -0.25) is 19.3 Å². The summed E-state index contributed by atoms with van der Waals surface area (Å²) in [6.07, 6.45) is 2.23. The lowest BCUT2D eigenvalue weighted by Crippen LogP contribution is -2.39. The molecule has 3 rings (SSSR count). The second kappa shape index (κ2) is 8.12. The van der Waals surface area contributed by atoms with Gasteiger partial charge in [0.1, 0.15) is 11.3 Å². The van der Waals surface area contributed by atoms with Crippen LogP contribution in [0.5, 0.6) is 5.75 Å². The molecule has 1 atom stereocenters. The van der Waals surface area contributed by atoms with Gasteiger partial charge in [-0.1, -0.05) is 12.1 Å². The number of aromatic nitrogens is 3. The van der Waals surface area contributed by atoms with Gasteiger partial charge in [0.15, 0.2) is 0 Å². The van der Waals surface area contributed by atoms with Crippen LogP contribution >= 0.6 is 0 Å². The van der Waals surface area contributed by atoms with Crippen LogP contribution in [0, 0.1) is 13.8 Å². The summed E-state index contributed by atoms with van der Waals surface area (Å²) in [5.74, 6) is 0.161. The molecule has 0 aliphatic carbocycles. The molecular weight excluding hydrogens is 356 g/mol. The van der Waals surface area contributed by atoms with Crippen LogP contribution < -0.4 is 15.6 Å². The monoisotopic (exact) mass is 380 g/mol. The molecule has 2 heterocycles. The lowest BCUT2D eigenvalue weighted by Gasteiger charge is -2.16. The lowest BCUT2D eigenvalue weighted by atomic mass is 10.1. The third-order valence-corrected chi connectivity index (χ3v) is 4.52. The van der Waals surface area contributed by atoms with Crippen LogP contribution in [0.2, 0.25) is 0 Å². The van der Waals surface area contributed by atoms with E-state index in [-0.39, 0.29) is 17.2 Å². The second-order valence-electron chi connectivity index (χ2n) is 6.84. The number of nitrogens with one attached hydrogen (secondary N) is 2. The maximum Gasteiger partial charge on any atom is 0.268 e. The first-order chi connectivity index (χ1) is 13.4. The van der Waals surface area contributed by atoms with Crippen molar-refractivity contribution in [3.8, 4) is 11.4 Å². The van der Waals surface area contributed by atoms with Gasteiger partial charge >= 0.3 is 0 Å². The van der Waals surface area contributed by atoms with Crippen LogP contribution in [0.15, 0.2) is 47.4 Å². The van der Waals surface area contributed by atoms with Crippen molar-refractivity contribution in [2.75, 3.05) is 7.11 Å². The van der Waals surface area contributed by atoms with E-state index in [4.69, 9.17) is 4.74 Å². The largest absolute Gasteiger partial charge is 0.495 e. The highest BCUT2D eigenvalue weighted by Crippen LogP contribution is 2.21. The summed E-state index contributed by atoms with van der Waals surface area (Å²) >= 11 is 0. The summed E-state index contributed by atoms with van der Waals surface area (Å²) in [6, 6.07) is 10.7. The first-order valence-electron chi connectivity index (χ1n) is 9.08. The number of rotatable bonds is 6. The average Bonchev–Trinajstić information content (AvgIpc) is 3.06. The first-order valence-corrected chi connectivity index (χ1v) is 9.08. The predicted octanol–water partition coefficient (Wildman–Crippen LogP) is 2.55. The van der Waals surface area contributed by atoms with Gasteiger partial charge in [0.2, 0.25) is 0 Å². The Hall–Kier alpha value is -3.35. The standard InChI is InChI=1S/C21H24N4O3/c1-13-9-10-25(17-7-5-6-8-18(17)28-4)21(27)19(13)20(26)22-14(2)11-16-12-15(3)23-24-16/h5-10,12,14H,11H2,1-4H3,(H,22,26)(H,23,24). The fourth-order valence-electron chi connectivity index (χ4n) is 3.16. The van der Waals surface area contributed by atoms with Crippen molar-refractivity contribution in [2.24, 2.45) is 0 Å². The normalized spacial score (nSPS) is 11.9. The molecule has 0 fully saturated rings. The molecule has 0 bridgehead atoms. The molecule has 0 aliphatic heterocycles. The summed E-state index contributed by atoms with van der Waals surface area (Å²) in [5.41, 5.74) is 2.78. The van der Waals surface area contributed by atoms with Gasteiger partial charge in [0.25, 0.3) is 11.5 Å². The number of para-hydroxylation sites is 2. The van der Waals surface area contributed by atoms with Crippen LogP contribution in [-0.4, -0.2) is 33.8 Å². The minimum absolute atomic E-state index is 0.124. The Morgan fingerprint density at radius 2 is 2.04 bits per heavy atom. The van der Waals surface area contributed by atoms with E-state index in [1.54, 1.807) is 38.4 Å². The Bertz CT molecular complexity index is 1050. The van der Waals surface area contributed by atoms with Crippen molar-refractivity contribution in [1.29, 1.82) is 0 Å². The maximum atomic E-state index is 13.1. The summed E-state index contributed by atoms with van der Waals surface area (Å²) in [4.78, 5) is 25.9. The van der Waals surface area contributed by atoms with E-state index in [1.807, 2.05) is 32.0 Å². The van der Waals surface area contributed by atoms with Gasteiger partial charge in [-0.25, -0.2) is 0 Å². The highest BCUT2D eigenvalue weighted by molar-refractivity contribution is 5.95. The SMILES string of the molecule is COc1ccccc1-n1ccc(C)c(C(=O)NC(C)Cc2cc(C)[nH]n2)c1=O. The molecular formula is C21H24N4O3. The summed E-state index contributed by atoms with van der Waals surface area (Å²) in [6.45, 7) is 5.57. The fraction of sp³-hybridized carbons (Fsp3) is 0.286. The number of benzene rings is 1. The van der Waals surface area contributed by atoms with E-state index in [1.165, 1.54) is 4.57 Å². The Morgan fingerprint density at radius 1 is 1.29 bits per heavy atom.